The summed E-state index contributed by atoms with van der Waals surface area (Å²) in [5.41, 5.74) is -0.732. The van der Waals surface area contributed by atoms with Gasteiger partial charge in [0.1, 0.15) is 5.69 Å². The van der Waals surface area contributed by atoms with E-state index >= 15 is 0 Å². The van der Waals surface area contributed by atoms with Gasteiger partial charge in [-0.3, -0.25) is 0 Å². The van der Waals surface area contributed by atoms with Crippen molar-refractivity contribution in [1.29, 1.82) is 5.26 Å². The zero-order chi connectivity index (χ0) is 16.5. The van der Waals surface area contributed by atoms with E-state index in [0.29, 0.717) is 0 Å². The van der Waals surface area contributed by atoms with E-state index in [4.69, 9.17) is 40.1 Å². The first-order valence-corrected chi connectivity index (χ1v) is 6.96. The van der Waals surface area contributed by atoms with Gasteiger partial charge in [-0.25, -0.2) is 4.98 Å². The molecule has 0 amide bonds. The Bertz CT molecular complexity index is 767. The van der Waals surface area contributed by atoms with Crippen molar-refractivity contribution in [3.8, 4) is 17.3 Å². The number of hydrogen-bond acceptors (Lipinski definition) is 2. The summed E-state index contributed by atoms with van der Waals surface area (Å²) in [7, 11) is 0. The van der Waals surface area contributed by atoms with E-state index in [1.807, 2.05) is 0 Å². The van der Waals surface area contributed by atoms with E-state index in [1.54, 1.807) is 6.07 Å². The molecule has 0 bridgehead atoms. The number of rotatable bonds is 2. The van der Waals surface area contributed by atoms with Gasteiger partial charge in [0.2, 0.25) is 0 Å². The van der Waals surface area contributed by atoms with E-state index in [9.17, 15) is 13.2 Å². The van der Waals surface area contributed by atoms with Crippen molar-refractivity contribution in [1.82, 2.24) is 4.98 Å². The highest BCUT2D eigenvalue weighted by atomic mass is 35.5. The maximum Gasteiger partial charge on any atom is 0.433 e. The van der Waals surface area contributed by atoms with Crippen LogP contribution in [0.15, 0.2) is 24.3 Å². The molecule has 2 rings (SSSR count). The van der Waals surface area contributed by atoms with E-state index < -0.39 is 11.9 Å². The predicted molar refractivity (Wildman–Crippen MR) is 79.0 cm³/mol. The lowest BCUT2D eigenvalue weighted by molar-refractivity contribution is -0.141. The minimum Gasteiger partial charge on any atom is -0.243 e. The van der Waals surface area contributed by atoms with Gasteiger partial charge in [-0.2, -0.15) is 18.4 Å². The Labute approximate surface area is 139 Å². The van der Waals surface area contributed by atoms with Crippen molar-refractivity contribution in [2.45, 2.75) is 12.6 Å². The molecule has 0 atom stereocenters. The van der Waals surface area contributed by atoms with Crippen LogP contribution in [0.25, 0.3) is 11.3 Å². The van der Waals surface area contributed by atoms with Gasteiger partial charge in [0.15, 0.2) is 0 Å². The van der Waals surface area contributed by atoms with Crippen molar-refractivity contribution in [3.63, 3.8) is 0 Å². The third-order valence-electron chi connectivity index (χ3n) is 2.74. The molecule has 22 heavy (non-hydrogen) atoms. The topological polar surface area (TPSA) is 36.7 Å². The van der Waals surface area contributed by atoms with Crippen molar-refractivity contribution >= 4 is 34.8 Å². The smallest absolute Gasteiger partial charge is 0.243 e. The molecule has 0 aliphatic heterocycles. The lowest BCUT2D eigenvalue weighted by Crippen LogP contribution is -2.09. The summed E-state index contributed by atoms with van der Waals surface area (Å²) in [5, 5.41) is 9.13. The van der Waals surface area contributed by atoms with Gasteiger partial charge in [-0.15, -0.1) is 0 Å². The van der Waals surface area contributed by atoms with Crippen molar-refractivity contribution in [2.75, 3.05) is 0 Å². The molecule has 0 unspecified atom stereocenters. The Balaban J connectivity index is 2.67. The van der Waals surface area contributed by atoms with Crippen LogP contribution in [-0.4, -0.2) is 4.98 Å². The van der Waals surface area contributed by atoms with Crippen LogP contribution in [0.4, 0.5) is 13.2 Å². The maximum absolute atomic E-state index is 12.9. The molecule has 1 aromatic heterocycles. The lowest BCUT2D eigenvalue weighted by Gasteiger charge is -2.12. The monoisotopic (exact) mass is 364 g/mol. The second-order valence-corrected chi connectivity index (χ2v) is 5.55. The zero-order valence-electron chi connectivity index (χ0n) is 10.7. The number of benzene rings is 1. The van der Waals surface area contributed by atoms with Gasteiger partial charge in [0.25, 0.3) is 0 Å². The lowest BCUT2D eigenvalue weighted by atomic mass is 10.1. The third-order valence-corrected chi connectivity index (χ3v) is 3.78. The highest BCUT2D eigenvalue weighted by Crippen LogP contribution is 2.36. The van der Waals surface area contributed by atoms with Gasteiger partial charge in [0, 0.05) is 5.56 Å². The molecule has 0 fully saturated rings. The molecule has 0 aliphatic rings. The third kappa shape index (κ3) is 3.64. The summed E-state index contributed by atoms with van der Waals surface area (Å²) in [4.78, 5) is 3.57. The van der Waals surface area contributed by atoms with E-state index in [0.717, 1.165) is 6.07 Å². The van der Waals surface area contributed by atoms with E-state index in [1.165, 1.54) is 18.2 Å². The number of nitrogens with zero attached hydrogens (tertiary/aromatic N) is 2. The molecule has 2 aromatic rings. The van der Waals surface area contributed by atoms with Crippen LogP contribution < -0.4 is 0 Å². The second kappa shape index (κ2) is 6.33. The van der Waals surface area contributed by atoms with Gasteiger partial charge in [-0.05, 0) is 29.8 Å². The minimum atomic E-state index is -4.64. The molecule has 1 aromatic carbocycles. The molecule has 1 heterocycles. The summed E-state index contributed by atoms with van der Waals surface area (Å²) in [5.74, 6) is 0. The summed E-state index contributed by atoms with van der Waals surface area (Å²) in [6, 6.07) is 6.66. The Morgan fingerprint density at radius 3 is 2.23 bits per heavy atom. The second-order valence-electron chi connectivity index (χ2n) is 4.32. The predicted octanol–water partition coefficient (Wildman–Crippen LogP) is 5.79. The zero-order valence-corrected chi connectivity index (χ0v) is 12.9. The number of halogens is 6. The van der Waals surface area contributed by atoms with E-state index in [2.05, 4.69) is 4.98 Å². The normalized spacial score (nSPS) is 11.3. The summed E-state index contributed by atoms with van der Waals surface area (Å²) >= 11 is 17.7. The van der Waals surface area contributed by atoms with Crippen LogP contribution in [0, 0.1) is 11.3 Å². The van der Waals surface area contributed by atoms with Crippen LogP contribution in [-0.2, 0) is 12.6 Å². The Hall–Kier alpha value is -1.48. The van der Waals surface area contributed by atoms with Crippen LogP contribution in [0.1, 0.15) is 11.3 Å². The molecular formula is C14H6Cl3F3N2. The fraction of sp³-hybridized carbons (Fsp3) is 0.143. The molecule has 0 saturated carbocycles. The first kappa shape index (κ1) is 16.9. The summed E-state index contributed by atoms with van der Waals surface area (Å²) in [6.45, 7) is 0. The number of nitriles is 1. The highest BCUT2D eigenvalue weighted by molar-refractivity contribution is 6.44. The van der Waals surface area contributed by atoms with Gasteiger partial charge in [-0.1, -0.05) is 34.8 Å². The fourth-order valence-corrected chi connectivity index (χ4v) is 2.43. The standard InChI is InChI=1S/C14H6Cl3F3N2/c15-9-6-11(17)10(16)5-8(9)12-3-7(1-2-21)4-13(22-12)14(18,19)20/h3-6H,1H2. The minimum absolute atomic E-state index is 0.0244. The molecule has 8 heteroatoms. The average Bonchev–Trinajstić information content (AvgIpc) is 2.42. The largest absolute Gasteiger partial charge is 0.433 e. The Morgan fingerprint density at radius 2 is 1.64 bits per heavy atom. The van der Waals surface area contributed by atoms with Gasteiger partial charge < -0.3 is 0 Å². The van der Waals surface area contributed by atoms with Crippen LogP contribution in [0.2, 0.25) is 15.1 Å². The Morgan fingerprint density at radius 1 is 1.00 bits per heavy atom. The van der Waals surface area contributed by atoms with Gasteiger partial charge in [0.05, 0.1) is 33.3 Å². The highest BCUT2D eigenvalue weighted by Gasteiger charge is 2.33. The molecule has 2 nitrogen and oxygen atoms in total. The number of pyridine rings is 1. The number of hydrogen-bond donors (Lipinski definition) is 0. The Kier molecular flexibility index (Phi) is 4.86. The first-order chi connectivity index (χ1) is 10.2. The van der Waals surface area contributed by atoms with Crippen molar-refractivity contribution in [2.24, 2.45) is 0 Å². The molecule has 0 N–H and O–H groups in total. The van der Waals surface area contributed by atoms with Crippen molar-refractivity contribution < 1.29 is 13.2 Å². The molecule has 114 valence electrons. The molecular weight excluding hydrogens is 360 g/mol. The average molecular weight is 366 g/mol. The van der Waals surface area contributed by atoms with Crippen LogP contribution in [0.5, 0.6) is 0 Å². The van der Waals surface area contributed by atoms with Crippen LogP contribution in [0.3, 0.4) is 0 Å². The molecule has 0 spiro atoms. The van der Waals surface area contributed by atoms with Crippen molar-refractivity contribution in [3.05, 3.63) is 50.6 Å². The molecule has 0 radical (unpaired) electrons. The number of aromatic nitrogens is 1. The van der Waals surface area contributed by atoms with Crippen LogP contribution >= 0.6 is 34.8 Å². The fourth-order valence-electron chi connectivity index (χ4n) is 1.78. The molecule has 0 aliphatic carbocycles. The summed E-state index contributed by atoms with van der Waals surface area (Å²) < 4.78 is 38.8. The maximum atomic E-state index is 12.9. The van der Waals surface area contributed by atoms with E-state index in [-0.39, 0.29) is 38.3 Å². The quantitative estimate of drug-likeness (QED) is 0.631. The molecule has 0 saturated heterocycles. The number of alkyl halides is 3. The first-order valence-electron chi connectivity index (χ1n) is 5.82. The summed E-state index contributed by atoms with van der Waals surface area (Å²) in [6.07, 6.45) is -4.82. The van der Waals surface area contributed by atoms with Gasteiger partial charge >= 0.3 is 6.18 Å². The SMILES string of the molecule is N#CCc1cc(-c2cc(Cl)c(Cl)cc2Cl)nc(C(F)(F)F)c1.